The largest absolute Gasteiger partial charge is 0.488 e. The molecular formula is C30H24BF6IO4. The minimum atomic E-state index is -4.39. The number of alkyl halides is 6. The Bertz CT molecular complexity index is 1450. The zero-order valence-electron chi connectivity index (χ0n) is 22.2. The summed E-state index contributed by atoms with van der Waals surface area (Å²) in [6.45, 7) is 3.04. The molecule has 0 radical (unpaired) electrons. The van der Waals surface area contributed by atoms with E-state index in [1.165, 1.54) is 19.1 Å². The summed E-state index contributed by atoms with van der Waals surface area (Å²) in [6, 6.07) is 22.9. The van der Waals surface area contributed by atoms with Crippen molar-refractivity contribution >= 4 is 46.7 Å². The predicted octanol–water partition coefficient (Wildman–Crippen LogP) is 7.45. The van der Waals surface area contributed by atoms with Crippen LogP contribution in [0, 0.1) is 3.57 Å². The van der Waals surface area contributed by atoms with Crippen LogP contribution in [-0.4, -0.2) is 28.7 Å². The number of carbonyl (C=O) groups excluding carboxylic acids is 2. The highest BCUT2D eigenvalue weighted by Gasteiger charge is 2.31. The lowest BCUT2D eigenvalue weighted by atomic mass is 9.80. The minimum Gasteiger partial charge on any atom is -0.423 e. The van der Waals surface area contributed by atoms with Crippen molar-refractivity contribution in [1.29, 1.82) is 0 Å². The third kappa shape index (κ3) is 11.1. The summed E-state index contributed by atoms with van der Waals surface area (Å²) in [5.41, 5.74) is 1.37. The minimum absolute atomic E-state index is 0.0352. The van der Waals surface area contributed by atoms with Gasteiger partial charge in [-0.3, -0.25) is 9.59 Å². The van der Waals surface area contributed by atoms with Crippen molar-refractivity contribution in [3.63, 3.8) is 0 Å². The van der Waals surface area contributed by atoms with Crippen molar-refractivity contribution in [2.75, 3.05) is 0 Å². The molecule has 0 aliphatic heterocycles. The zero-order chi connectivity index (χ0) is 31.7. The summed E-state index contributed by atoms with van der Waals surface area (Å²) in [4.78, 5) is 21.9. The molecule has 0 atom stereocenters. The average molecular weight is 700 g/mol. The van der Waals surface area contributed by atoms with E-state index >= 15 is 0 Å². The van der Waals surface area contributed by atoms with E-state index in [9.17, 15) is 35.9 Å². The molecular weight excluding hydrogens is 676 g/mol. The molecule has 0 aliphatic rings. The van der Waals surface area contributed by atoms with Gasteiger partial charge < -0.3 is 10.0 Å². The zero-order valence-corrected chi connectivity index (χ0v) is 24.3. The molecule has 220 valence electrons. The molecule has 0 bridgehead atoms. The Hall–Kier alpha value is -3.49. The SMILES string of the molecule is CC(=O)c1ccc(-c2ccc(C(F)(F)F)cc2)cc1.CC(=O)c1ccc(I)cc1.OB(O)c1ccc(C(F)(F)F)cc1. The van der Waals surface area contributed by atoms with E-state index in [2.05, 4.69) is 22.6 Å². The molecule has 0 saturated carbocycles. The highest BCUT2D eigenvalue weighted by molar-refractivity contribution is 14.1. The number of carbonyl (C=O) groups is 2. The average Bonchev–Trinajstić information content (AvgIpc) is 2.93. The number of ketones is 2. The Morgan fingerprint density at radius 1 is 0.571 bits per heavy atom. The van der Waals surface area contributed by atoms with E-state index in [-0.39, 0.29) is 17.0 Å². The number of hydrogen-bond donors (Lipinski definition) is 2. The first-order valence-corrected chi connectivity index (χ1v) is 13.2. The lowest BCUT2D eigenvalue weighted by molar-refractivity contribution is -0.138. The lowest BCUT2D eigenvalue weighted by Crippen LogP contribution is -2.29. The maximum Gasteiger partial charge on any atom is 0.488 e. The van der Waals surface area contributed by atoms with E-state index in [4.69, 9.17) is 10.0 Å². The second-order valence-electron chi connectivity index (χ2n) is 8.77. The van der Waals surface area contributed by atoms with Crippen LogP contribution < -0.4 is 5.46 Å². The van der Waals surface area contributed by atoms with Gasteiger partial charge >= 0.3 is 19.5 Å². The summed E-state index contributed by atoms with van der Waals surface area (Å²) in [7, 11) is -1.73. The molecule has 0 amide bonds. The summed E-state index contributed by atoms with van der Waals surface area (Å²) in [5.74, 6) is 0.0790. The summed E-state index contributed by atoms with van der Waals surface area (Å²) in [5, 5.41) is 17.2. The third-order valence-corrected chi connectivity index (χ3v) is 6.34. The van der Waals surface area contributed by atoms with Gasteiger partial charge in [0.05, 0.1) is 11.1 Å². The fraction of sp³-hybridized carbons (Fsp3) is 0.133. The highest BCUT2D eigenvalue weighted by atomic mass is 127. The molecule has 0 fully saturated rings. The molecule has 0 unspecified atom stereocenters. The first-order valence-electron chi connectivity index (χ1n) is 12.1. The van der Waals surface area contributed by atoms with Crippen molar-refractivity contribution in [1.82, 2.24) is 0 Å². The summed E-state index contributed by atoms with van der Waals surface area (Å²) in [6.07, 6.45) is -8.71. The number of rotatable bonds is 4. The fourth-order valence-electron chi connectivity index (χ4n) is 3.28. The van der Waals surface area contributed by atoms with Gasteiger partial charge in [-0.05, 0) is 77.3 Å². The third-order valence-electron chi connectivity index (χ3n) is 5.62. The van der Waals surface area contributed by atoms with Crippen LogP contribution in [0.15, 0.2) is 97.1 Å². The molecule has 12 heteroatoms. The molecule has 0 aliphatic carbocycles. The monoisotopic (exact) mass is 700 g/mol. The van der Waals surface area contributed by atoms with Gasteiger partial charge in [0.1, 0.15) is 0 Å². The van der Waals surface area contributed by atoms with Gasteiger partial charge in [-0.15, -0.1) is 0 Å². The molecule has 42 heavy (non-hydrogen) atoms. The van der Waals surface area contributed by atoms with Crippen molar-refractivity contribution < 1.29 is 46.0 Å². The molecule has 0 spiro atoms. The molecule has 0 saturated heterocycles. The van der Waals surface area contributed by atoms with E-state index in [1.807, 2.05) is 24.3 Å². The Morgan fingerprint density at radius 2 is 0.881 bits per heavy atom. The van der Waals surface area contributed by atoms with Gasteiger partial charge in [0.15, 0.2) is 11.6 Å². The standard InChI is InChI=1S/C15H11F3O.C8H7IO.C7H6BF3O2/c1-10(19)11-2-4-12(5-3-11)13-6-8-14(9-7-13)15(16,17)18;1-6(10)7-2-4-8(9)5-3-7;9-7(10,11)5-1-3-6(4-2-5)8(12)13/h2-9H,1H3;2-5H,1H3;1-4,12-13H. The Balaban J connectivity index is 0.000000234. The normalized spacial score (nSPS) is 10.9. The maximum atomic E-state index is 12.4. The van der Waals surface area contributed by atoms with Gasteiger partial charge in [-0.25, -0.2) is 0 Å². The second kappa shape index (κ2) is 15.1. The van der Waals surface area contributed by atoms with Crippen molar-refractivity contribution in [2.24, 2.45) is 0 Å². The van der Waals surface area contributed by atoms with Crippen molar-refractivity contribution in [2.45, 2.75) is 26.2 Å². The van der Waals surface area contributed by atoms with Crippen molar-refractivity contribution in [3.05, 3.63) is 123 Å². The van der Waals surface area contributed by atoms with Crippen LogP contribution >= 0.6 is 22.6 Å². The first-order chi connectivity index (χ1) is 19.5. The number of benzene rings is 4. The van der Waals surface area contributed by atoms with E-state index in [1.54, 1.807) is 31.2 Å². The summed E-state index contributed by atoms with van der Waals surface area (Å²) >= 11 is 2.21. The van der Waals surface area contributed by atoms with E-state index in [0.717, 1.165) is 51.1 Å². The Labute approximate surface area is 252 Å². The van der Waals surface area contributed by atoms with Gasteiger partial charge in [-0.2, -0.15) is 26.3 Å². The van der Waals surface area contributed by atoms with E-state index in [0.29, 0.717) is 11.1 Å². The lowest BCUT2D eigenvalue weighted by Gasteiger charge is -2.08. The van der Waals surface area contributed by atoms with Crippen molar-refractivity contribution in [3.8, 4) is 11.1 Å². The van der Waals surface area contributed by atoms with Crippen LogP contribution in [-0.2, 0) is 12.4 Å². The van der Waals surface area contributed by atoms with Gasteiger partial charge in [-0.1, -0.05) is 72.8 Å². The molecule has 2 N–H and O–H groups in total. The molecule has 4 nitrogen and oxygen atoms in total. The molecule has 0 heterocycles. The molecule has 4 aromatic carbocycles. The van der Waals surface area contributed by atoms with Gasteiger partial charge in [0.25, 0.3) is 0 Å². The second-order valence-corrected chi connectivity index (χ2v) is 10.0. The Morgan fingerprint density at radius 3 is 1.19 bits per heavy atom. The first kappa shape index (κ1) is 34.7. The molecule has 4 aromatic rings. The molecule has 4 rings (SSSR count). The van der Waals surface area contributed by atoms with Crippen LogP contribution in [0.3, 0.4) is 0 Å². The summed E-state index contributed by atoms with van der Waals surface area (Å²) < 4.78 is 74.4. The fourth-order valence-corrected chi connectivity index (χ4v) is 3.64. The topological polar surface area (TPSA) is 74.6 Å². The Kier molecular flexibility index (Phi) is 12.5. The van der Waals surface area contributed by atoms with E-state index < -0.39 is 30.6 Å². The predicted molar refractivity (Wildman–Crippen MR) is 157 cm³/mol. The van der Waals surface area contributed by atoms with Gasteiger partial charge in [0, 0.05) is 14.7 Å². The maximum absolute atomic E-state index is 12.4. The number of halogens is 7. The highest BCUT2D eigenvalue weighted by Crippen LogP contribution is 2.31. The number of Topliss-reactive ketones (excluding diaryl/α,β-unsaturated/α-hetero) is 2. The van der Waals surface area contributed by atoms with Crippen LogP contribution in [0.5, 0.6) is 0 Å². The van der Waals surface area contributed by atoms with Crippen LogP contribution in [0.2, 0.25) is 0 Å². The smallest absolute Gasteiger partial charge is 0.423 e. The van der Waals surface area contributed by atoms with Crippen LogP contribution in [0.4, 0.5) is 26.3 Å². The number of hydrogen-bond acceptors (Lipinski definition) is 4. The molecule has 0 aromatic heterocycles. The van der Waals surface area contributed by atoms with Crippen LogP contribution in [0.25, 0.3) is 11.1 Å². The van der Waals surface area contributed by atoms with Gasteiger partial charge in [0.2, 0.25) is 0 Å². The quantitative estimate of drug-likeness (QED) is 0.100. The van der Waals surface area contributed by atoms with Crippen LogP contribution in [0.1, 0.15) is 45.7 Å².